The number of fused-ring (bicyclic) bond motifs is 1. The van der Waals surface area contributed by atoms with Crippen molar-refractivity contribution >= 4 is 34.8 Å². The van der Waals surface area contributed by atoms with E-state index in [0.717, 1.165) is 23.1 Å². The summed E-state index contributed by atoms with van der Waals surface area (Å²) in [4.78, 5) is 17.0. The second-order valence-corrected chi connectivity index (χ2v) is 12.8. The van der Waals surface area contributed by atoms with Gasteiger partial charge in [0.1, 0.15) is 29.3 Å². The Balaban J connectivity index is 1.44. The summed E-state index contributed by atoms with van der Waals surface area (Å²) in [5, 5.41) is 16.5. The molecule has 6 aromatic rings. The van der Waals surface area contributed by atoms with E-state index >= 15 is 0 Å². The van der Waals surface area contributed by atoms with E-state index in [9.17, 15) is 4.79 Å². The molecule has 0 radical (unpaired) electrons. The van der Waals surface area contributed by atoms with Crippen molar-refractivity contribution in [2.45, 2.75) is 19.6 Å². The first-order valence-electron chi connectivity index (χ1n) is 13.1. The zero-order valence-electron chi connectivity index (χ0n) is 22.0. The Bertz CT molecular complexity index is 1640. The van der Waals surface area contributed by atoms with Gasteiger partial charge in [0.2, 0.25) is 0 Å². The van der Waals surface area contributed by atoms with Gasteiger partial charge >= 0.3 is 5.97 Å². The molecular weight excluding hydrogens is 519 g/mol. The number of ether oxygens (including phenoxy) is 1. The van der Waals surface area contributed by atoms with E-state index in [4.69, 9.17) is 9.72 Å². The summed E-state index contributed by atoms with van der Waals surface area (Å²) in [5.41, 5.74) is 2.85. The molecule has 8 nitrogen and oxygen atoms in total. The first-order valence-corrected chi connectivity index (χ1v) is 15.1. The molecule has 198 valence electrons. The third kappa shape index (κ3) is 4.90. The van der Waals surface area contributed by atoms with Gasteiger partial charge in [-0.1, -0.05) is 59.8 Å². The number of esters is 1. The molecule has 0 spiro atoms. The predicted octanol–water partition coefficient (Wildman–Crippen LogP) is 4.04. The summed E-state index contributed by atoms with van der Waals surface area (Å²) in [6.07, 6.45) is 6.09. The quantitative estimate of drug-likeness (QED) is 0.201. The molecule has 0 aliphatic carbocycles. The summed E-state index contributed by atoms with van der Waals surface area (Å²) in [5.74, 6) is -0.490. The zero-order valence-corrected chi connectivity index (χ0v) is 22.9. The van der Waals surface area contributed by atoms with Crippen LogP contribution in [0.5, 0.6) is 0 Å². The van der Waals surface area contributed by atoms with Crippen LogP contribution < -0.4 is 15.9 Å². The fourth-order valence-electron chi connectivity index (χ4n) is 5.06. The molecule has 0 bridgehead atoms. The number of hydrogen-bond donors (Lipinski definition) is 0. The van der Waals surface area contributed by atoms with Crippen LogP contribution in [0.3, 0.4) is 0 Å². The number of aromatic nitrogens is 6. The van der Waals surface area contributed by atoms with Crippen molar-refractivity contribution in [3.8, 4) is 0 Å². The van der Waals surface area contributed by atoms with Crippen molar-refractivity contribution in [2.24, 2.45) is 0 Å². The molecule has 40 heavy (non-hydrogen) atoms. The summed E-state index contributed by atoms with van der Waals surface area (Å²) in [6.45, 7) is 2.39. The second kappa shape index (κ2) is 11.2. The Kier molecular flexibility index (Phi) is 7.17. The first kappa shape index (κ1) is 25.6. The third-order valence-electron chi connectivity index (χ3n) is 6.84. The molecule has 3 heterocycles. The average Bonchev–Trinajstić information content (AvgIpc) is 3.65. The van der Waals surface area contributed by atoms with E-state index in [-0.39, 0.29) is 12.3 Å². The van der Waals surface area contributed by atoms with Crippen molar-refractivity contribution in [3.63, 3.8) is 0 Å². The van der Waals surface area contributed by atoms with Crippen molar-refractivity contribution < 1.29 is 9.53 Å². The first-order chi connectivity index (χ1) is 19.7. The highest BCUT2D eigenvalue weighted by molar-refractivity contribution is 7.95. The molecule has 0 fully saturated rings. The Morgan fingerprint density at radius 2 is 1.43 bits per heavy atom. The van der Waals surface area contributed by atoms with Gasteiger partial charge in [-0.05, 0) is 49.4 Å². The number of nitrogens with zero attached hydrogens (tertiary/aromatic N) is 6. The molecule has 0 aliphatic rings. The summed E-state index contributed by atoms with van der Waals surface area (Å²) >= 11 is 0. The second-order valence-electron chi connectivity index (χ2n) is 9.35. The van der Waals surface area contributed by atoms with Gasteiger partial charge in [-0.3, -0.25) is 0 Å². The fraction of sp³-hybridized carbons (Fsp3) is 0.129. The lowest BCUT2D eigenvalue weighted by atomic mass is 10.3. The van der Waals surface area contributed by atoms with Crippen LogP contribution in [0, 0.1) is 0 Å². The molecule has 0 amide bonds. The number of carbonyl (C=O) groups excluding carboxylic acids is 1. The monoisotopic (exact) mass is 547 g/mol. The summed E-state index contributed by atoms with van der Waals surface area (Å²) in [6, 6.07) is 34.5. The van der Waals surface area contributed by atoms with Crippen LogP contribution in [0.4, 0.5) is 0 Å². The number of carbonyl (C=O) groups is 1. The predicted molar refractivity (Wildman–Crippen MR) is 157 cm³/mol. The Morgan fingerprint density at radius 3 is 2.00 bits per heavy atom. The molecule has 6 rings (SSSR count). The van der Waals surface area contributed by atoms with Gasteiger partial charge in [-0.25, -0.2) is 19.0 Å². The Labute approximate surface area is 232 Å². The molecule has 0 aliphatic heterocycles. The zero-order chi connectivity index (χ0) is 27.4. The SMILES string of the molecule is CCOC(=O)c1cn(Cc2cn3nccc(C[P+](c4ccccc4)(c4ccccc4)c4ccccc4)c3n2)nn1. The lowest BCUT2D eigenvalue weighted by Gasteiger charge is -2.27. The van der Waals surface area contributed by atoms with Crippen LogP contribution in [0.25, 0.3) is 5.65 Å². The minimum atomic E-state index is -2.11. The van der Waals surface area contributed by atoms with Gasteiger partial charge in [-0.2, -0.15) is 5.10 Å². The molecule has 9 heteroatoms. The van der Waals surface area contributed by atoms with E-state index in [2.05, 4.69) is 112 Å². The van der Waals surface area contributed by atoms with Crippen molar-refractivity contribution in [1.29, 1.82) is 0 Å². The Morgan fingerprint density at radius 1 is 0.825 bits per heavy atom. The highest BCUT2D eigenvalue weighted by Gasteiger charge is 2.46. The highest BCUT2D eigenvalue weighted by Crippen LogP contribution is 2.58. The standard InChI is InChI=1S/C31H28N6O2P/c1-2-39-31(38)29-22-36(35-34-29)20-25-21-37-30(33-25)24(18-19-32-37)23-40(26-12-6-3-7-13-26,27-14-8-4-9-15-27)28-16-10-5-11-17-28/h3-19,21-22H,2,20,23H2,1H3/q+1. The number of hydrogen-bond acceptors (Lipinski definition) is 6. The Hall–Kier alpha value is -4.68. The third-order valence-corrected chi connectivity index (χ3v) is 11.2. The number of rotatable bonds is 9. The van der Waals surface area contributed by atoms with Gasteiger partial charge in [0.05, 0.1) is 31.2 Å². The largest absolute Gasteiger partial charge is 0.461 e. The molecule has 0 atom stereocenters. The molecular formula is C31H28N6O2P+. The average molecular weight is 548 g/mol. The van der Waals surface area contributed by atoms with Crippen LogP contribution in [0.2, 0.25) is 0 Å². The van der Waals surface area contributed by atoms with E-state index in [1.807, 2.05) is 16.9 Å². The smallest absolute Gasteiger partial charge is 0.360 e. The van der Waals surface area contributed by atoms with Gasteiger partial charge in [0, 0.05) is 11.8 Å². The van der Waals surface area contributed by atoms with E-state index in [1.165, 1.54) is 15.9 Å². The van der Waals surface area contributed by atoms with Gasteiger partial charge < -0.3 is 4.74 Å². The van der Waals surface area contributed by atoms with Gasteiger partial charge in [0.25, 0.3) is 0 Å². The summed E-state index contributed by atoms with van der Waals surface area (Å²) < 4.78 is 8.44. The molecule has 0 saturated heterocycles. The van der Waals surface area contributed by atoms with Crippen LogP contribution in [0.1, 0.15) is 28.7 Å². The minimum absolute atomic E-state index is 0.174. The van der Waals surface area contributed by atoms with Crippen LogP contribution in [-0.4, -0.2) is 42.2 Å². The van der Waals surface area contributed by atoms with Crippen LogP contribution in [0.15, 0.2) is 116 Å². The number of benzene rings is 3. The van der Waals surface area contributed by atoms with Gasteiger partial charge in [-0.15, -0.1) is 5.10 Å². The minimum Gasteiger partial charge on any atom is -0.461 e. The molecule has 3 aromatic carbocycles. The summed E-state index contributed by atoms with van der Waals surface area (Å²) in [7, 11) is -2.11. The van der Waals surface area contributed by atoms with Crippen molar-refractivity contribution in [3.05, 3.63) is 133 Å². The van der Waals surface area contributed by atoms with Crippen LogP contribution >= 0.6 is 7.26 Å². The van der Waals surface area contributed by atoms with Gasteiger partial charge in [0.15, 0.2) is 11.3 Å². The van der Waals surface area contributed by atoms with Crippen molar-refractivity contribution in [2.75, 3.05) is 6.61 Å². The molecule has 0 N–H and O–H groups in total. The molecule has 0 unspecified atom stereocenters. The molecule has 3 aromatic heterocycles. The normalized spacial score (nSPS) is 11.5. The topological polar surface area (TPSA) is 87.2 Å². The van der Waals surface area contributed by atoms with E-state index in [0.29, 0.717) is 6.54 Å². The van der Waals surface area contributed by atoms with E-state index in [1.54, 1.807) is 17.8 Å². The maximum Gasteiger partial charge on any atom is 0.360 e. The number of imidazole rings is 1. The lowest BCUT2D eigenvalue weighted by Crippen LogP contribution is -2.32. The van der Waals surface area contributed by atoms with E-state index < -0.39 is 13.2 Å². The molecule has 0 saturated carbocycles. The maximum absolute atomic E-state index is 12.0. The lowest BCUT2D eigenvalue weighted by molar-refractivity contribution is 0.0519. The maximum atomic E-state index is 12.0. The van der Waals surface area contributed by atoms with Crippen molar-refractivity contribution in [1.82, 2.24) is 29.6 Å². The highest BCUT2D eigenvalue weighted by atomic mass is 31.2. The van der Waals surface area contributed by atoms with Crippen LogP contribution in [-0.2, 0) is 17.4 Å². The fourth-order valence-corrected chi connectivity index (χ4v) is 9.30.